The molecule has 0 saturated carbocycles. The molecule has 0 aliphatic heterocycles. The molecule has 1 aromatic rings. The van der Waals surface area contributed by atoms with E-state index >= 15 is 0 Å². The van der Waals surface area contributed by atoms with Crippen molar-refractivity contribution in [2.75, 3.05) is 41.6 Å². The molecule has 1 amide bonds. The zero-order valence-electron chi connectivity index (χ0n) is 13.8. The summed E-state index contributed by atoms with van der Waals surface area (Å²) in [5, 5.41) is 2.24. The molecular weight excluding hydrogens is 322 g/mol. The number of ether oxygens (including phenoxy) is 5. The normalized spacial score (nSPS) is 9.67. The van der Waals surface area contributed by atoms with Crippen LogP contribution in [-0.4, -0.2) is 59.4 Å². The Labute approximate surface area is 138 Å². The molecule has 0 aliphatic carbocycles. The van der Waals surface area contributed by atoms with Gasteiger partial charge in [0.1, 0.15) is 17.9 Å². The summed E-state index contributed by atoms with van der Waals surface area (Å²) in [5.41, 5.74) is 0.0657. The number of carbonyl (C=O) groups excluding carboxylic acids is 3. The Hall–Kier alpha value is -2.97. The molecule has 132 valence electrons. The molecular formula is C15H19NO8. The second-order valence-corrected chi connectivity index (χ2v) is 4.34. The topological polar surface area (TPSA) is 109 Å². The summed E-state index contributed by atoms with van der Waals surface area (Å²) in [6, 6.07) is 2.85. The van der Waals surface area contributed by atoms with E-state index in [0.717, 1.165) is 0 Å². The summed E-state index contributed by atoms with van der Waals surface area (Å²) in [4.78, 5) is 34.5. The maximum atomic E-state index is 12.1. The summed E-state index contributed by atoms with van der Waals surface area (Å²) in [5.74, 6) is -1.17. The fourth-order valence-electron chi connectivity index (χ4n) is 1.69. The number of carbonyl (C=O) groups is 3. The molecule has 1 N–H and O–H groups in total. The molecule has 0 heterocycles. The molecule has 1 aromatic carbocycles. The molecule has 0 bridgehead atoms. The standard InChI is InChI=1S/C15H19NO8/c1-20-10-6-12(22-3)11(21-2)5-9(10)15(19)24-8-13(17)16-7-14(18)23-4/h5-6H,7-8H2,1-4H3,(H,16,17). The third-order valence-corrected chi connectivity index (χ3v) is 2.92. The van der Waals surface area contributed by atoms with Gasteiger partial charge < -0.3 is 29.0 Å². The van der Waals surface area contributed by atoms with Crippen molar-refractivity contribution >= 4 is 17.8 Å². The van der Waals surface area contributed by atoms with E-state index in [2.05, 4.69) is 10.1 Å². The predicted octanol–water partition coefficient (Wildman–Crippen LogP) is 0.158. The maximum absolute atomic E-state index is 12.1. The first-order valence-electron chi connectivity index (χ1n) is 6.77. The van der Waals surface area contributed by atoms with E-state index in [9.17, 15) is 14.4 Å². The van der Waals surface area contributed by atoms with Gasteiger partial charge in [0.05, 0.1) is 28.4 Å². The second kappa shape index (κ2) is 9.23. The highest BCUT2D eigenvalue weighted by atomic mass is 16.5. The summed E-state index contributed by atoms with van der Waals surface area (Å²) >= 11 is 0. The van der Waals surface area contributed by atoms with Crippen LogP contribution >= 0.6 is 0 Å². The highest BCUT2D eigenvalue weighted by Crippen LogP contribution is 2.34. The Balaban J connectivity index is 2.77. The quantitative estimate of drug-likeness (QED) is 0.666. The van der Waals surface area contributed by atoms with Crippen molar-refractivity contribution in [2.45, 2.75) is 0 Å². The van der Waals surface area contributed by atoms with Crippen molar-refractivity contribution in [2.24, 2.45) is 0 Å². The van der Waals surface area contributed by atoms with Crippen LogP contribution in [0.4, 0.5) is 0 Å². The van der Waals surface area contributed by atoms with Gasteiger partial charge in [-0.3, -0.25) is 9.59 Å². The van der Waals surface area contributed by atoms with Gasteiger partial charge in [-0.25, -0.2) is 4.79 Å². The van der Waals surface area contributed by atoms with Gasteiger partial charge in [-0.05, 0) is 0 Å². The molecule has 24 heavy (non-hydrogen) atoms. The van der Waals surface area contributed by atoms with Crippen LogP contribution in [0.2, 0.25) is 0 Å². The average Bonchev–Trinajstić information content (AvgIpc) is 2.62. The summed E-state index contributed by atoms with van der Waals surface area (Å²) in [6.45, 7) is -0.875. The Bertz CT molecular complexity index is 614. The molecule has 0 spiro atoms. The van der Waals surface area contributed by atoms with Crippen LogP contribution < -0.4 is 19.5 Å². The molecule has 0 aliphatic rings. The summed E-state index contributed by atoms with van der Waals surface area (Å²) in [6.07, 6.45) is 0. The fourth-order valence-corrected chi connectivity index (χ4v) is 1.69. The first kappa shape index (κ1) is 19.1. The van der Waals surface area contributed by atoms with Crippen LogP contribution in [0.1, 0.15) is 10.4 Å². The summed E-state index contributed by atoms with van der Waals surface area (Å²) < 4.78 is 24.6. The number of amides is 1. The number of esters is 2. The zero-order valence-corrected chi connectivity index (χ0v) is 13.8. The van der Waals surface area contributed by atoms with E-state index < -0.39 is 24.5 Å². The van der Waals surface area contributed by atoms with E-state index in [-0.39, 0.29) is 17.9 Å². The van der Waals surface area contributed by atoms with Gasteiger partial charge in [0.25, 0.3) is 5.91 Å². The van der Waals surface area contributed by atoms with Crippen molar-refractivity contribution in [1.82, 2.24) is 5.32 Å². The Morgan fingerprint density at radius 3 is 2.04 bits per heavy atom. The van der Waals surface area contributed by atoms with E-state index in [1.165, 1.54) is 40.6 Å². The monoisotopic (exact) mass is 341 g/mol. The van der Waals surface area contributed by atoms with Gasteiger partial charge in [-0.15, -0.1) is 0 Å². The molecule has 0 saturated heterocycles. The Morgan fingerprint density at radius 1 is 0.917 bits per heavy atom. The Morgan fingerprint density at radius 2 is 1.50 bits per heavy atom. The minimum Gasteiger partial charge on any atom is -0.496 e. The first-order valence-corrected chi connectivity index (χ1v) is 6.77. The number of methoxy groups -OCH3 is 4. The van der Waals surface area contributed by atoms with E-state index in [4.69, 9.17) is 18.9 Å². The van der Waals surface area contributed by atoms with Gasteiger partial charge in [0, 0.05) is 12.1 Å². The van der Waals surface area contributed by atoms with Gasteiger partial charge >= 0.3 is 11.9 Å². The molecule has 0 atom stereocenters. The molecule has 1 rings (SSSR count). The lowest BCUT2D eigenvalue weighted by Gasteiger charge is -2.13. The molecule has 9 heteroatoms. The number of hydrogen-bond acceptors (Lipinski definition) is 8. The van der Waals surface area contributed by atoms with Gasteiger partial charge in [-0.2, -0.15) is 0 Å². The molecule has 9 nitrogen and oxygen atoms in total. The van der Waals surface area contributed by atoms with Crippen molar-refractivity contribution in [3.05, 3.63) is 17.7 Å². The lowest BCUT2D eigenvalue weighted by molar-refractivity contribution is -0.141. The predicted molar refractivity (Wildman–Crippen MR) is 81.4 cm³/mol. The number of hydrogen-bond donors (Lipinski definition) is 1. The average molecular weight is 341 g/mol. The smallest absolute Gasteiger partial charge is 0.342 e. The third-order valence-electron chi connectivity index (χ3n) is 2.92. The SMILES string of the molecule is COC(=O)CNC(=O)COC(=O)c1cc(OC)c(OC)cc1OC. The molecule has 0 unspecified atom stereocenters. The Kier molecular flexibility index (Phi) is 7.34. The van der Waals surface area contributed by atoms with Crippen LogP contribution in [0, 0.1) is 0 Å². The minimum absolute atomic E-state index is 0.0657. The lowest BCUT2D eigenvalue weighted by atomic mass is 10.1. The summed E-state index contributed by atoms with van der Waals surface area (Å²) in [7, 11) is 5.43. The first-order chi connectivity index (χ1) is 11.5. The number of nitrogens with one attached hydrogen (secondary N) is 1. The van der Waals surface area contributed by atoms with Crippen LogP contribution in [0.15, 0.2) is 12.1 Å². The van der Waals surface area contributed by atoms with Crippen molar-refractivity contribution < 1.29 is 38.1 Å². The van der Waals surface area contributed by atoms with Crippen molar-refractivity contribution in [1.29, 1.82) is 0 Å². The van der Waals surface area contributed by atoms with Crippen LogP contribution in [-0.2, 0) is 19.1 Å². The molecule has 0 aromatic heterocycles. The van der Waals surface area contributed by atoms with Gasteiger partial charge in [-0.1, -0.05) is 0 Å². The van der Waals surface area contributed by atoms with Gasteiger partial charge in [0.15, 0.2) is 18.1 Å². The van der Waals surface area contributed by atoms with E-state index in [0.29, 0.717) is 11.5 Å². The fraction of sp³-hybridized carbons (Fsp3) is 0.400. The van der Waals surface area contributed by atoms with Crippen molar-refractivity contribution in [3.8, 4) is 17.2 Å². The lowest BCUT2D eigenvalue weighted by Crippen LogP contribution is -2.33. The van der Waals surface area contributed by atoms with E-state index in [1.807, 2.05) is 0 Å². The molecule has 0 fully saturated rings. The van der Waals surface area contributed by atoms with Gasteiger partial charge in [0.2, 0.25) is 0 Å². The zero-order chi connectivity index (χ0) is 18.1. The van der Waals surface area contributed by atoms with Crippen LogP contribution in [0.25, 0.3) is 0 Å². The van der Waals surface area contributed by atoms with Crippen LogP contribution in [0.5, 0.6) is 17.2 Å². The largest absolute Gasteiger partial charge is 0.496 e. The highest BCUT2D eigenvalue weighted by molar-refractivity contribution is 5.95. The highest BCUT2D eigenvalue weighted by Gasteiger charge is 2.20. The van der Waals surface area contributed by atoms with Crippen LogP contribution in [0.3, 0.4) is 0 Å². The third kappa shape index (κ3) is 5.04. The minimum atomic E-state index is -0.791. The molecule has 0 radical (unpaired) electrons. The van der Waals surface area contributed by atoms with Crippen molar-refractivity contribution in [3.63, 3.8) is 0 Å². The number of benzene rings is 1. The maximum Gasteiger partial charge on any atom is 0.342 e. The second-order valence-electron chi connectivity index (χ2n) is 4.34. The number of rotatable bonds is 8. The van der Waals surface area contributed by atoms with E-state index in [1.54, 1.807) is 0 Å².